The van der Waals surface area contributed by atoms with Gasteiger partial charge < -0.3 is 10.1 Å². The number of thiazole rings is 1. The molecule has 1 aromatic carbocycles. The van der Waals surface area contributed by atoms with Crippen molar-refractivity contribution >= 4 is 22.9 Å². The summed E-state index contributed by atoms with van der Waals surface area (Å²) >= 11 is 1.57. The largest absolute Gasteiger partial charge is 0.481 e. The summed E-state index contributed by atoms with van der Waals surface area (Å²) in [5.74, 6) is 0.0127. The number of carbonyl (C=O) groups is 1. The van der Waals surface area contributed by atoms with Crippen molar-refractivity contribution in [2.24, 2.45) is 0 Å². The van der Waals surface area contributed by atoms with Crippen LogP contribution >= 0.6 is 11.3 Å². The number of hydrogen-bond acceptors (Lipinski definition) is 6. The minimum Gasteiger partial charge on any atom is -0.481 e. The Bertz CT molecular complexity index is 847. The second kappa shape index (κ2) is 6.53. The fourth-order valence-corrected chi connectivity index (χ4v) is 2.68. The van der Waals surface area contributed by atoms with E-state index in [9.17, 15) is 4.79 Å². The number of nitrogens with one attached hydrogen (secondary N) is 1. The van der Waals surface area contributed by atoms with Crippen LogP contribution in [0.3, 0.4) is 0 Å². The molecule has 0 radical (unpaired) electrons. The predicted molar refractivity (Wildman–Crippen MR) is 88.8 cm³/mol. The van der Waals surface area contributed by atoms with E-state index < -0.39 is 0 Å². The van der Waals surface area contributed by atoms with Gasteiger partial charge in [-0.15, -0.1) is 11.3 Å². The first-order valence-corrected chi connectivity index (χ1v) is 7.74. The summed E-state index contributed by atoms with van der Waals surface area (Å²) in [5.41, 5.74) is 2.62. The molecule has 23 heavy (non-hydrogen) atoms. The van der Waals surface area contributed by atoms with Gasteiger partial charge in [-0.05, 0) is 13.0 Å². The minimum atomic E-state index is -0.329. The van der Waals surface area contributed by atoms with E-state index in [-0.39, 0.29) is 11.6 Å². The summed E-state index contributed by atoms with van der Waals surface area (Å²) in [6.45, 7) is 1.95. The number of benzene rings is 1. The van der Waals surface area contributed by atoms with Gasteiger partial charge in [0.05, 0.1) is 23.5 Å². The van der Waals surface area contributed by atoms with Crippen molar-refractivity contribution in [2.45, 2.75) is 6.92 Å². The van der Waals surface area contributed by atoms with Crippen LogP contribution in [0, 0.1) is 6.92 Å². The fraction of sp³-hybridized carbons (Fsp3) is 0.125. The Hall–Kier alpha value is -2.80. The van der Waals surface area contributed by atoms with E-state index in [0.717, 1.165) is 16.3 Å². The maximum atomic E-state index is 12.4. The number of methoxy groups -OCH3 is 1. The van der Waals surface area contributed by atoms with Crippen molar-refractivity contribution in [3.05, 3.63) is 52.7 Å². The Morgan fingerprint density at radius 3 is 2.83 bits per heavy atom. The summed E-state index contributed by atoms with van der Waals surface area (Å²) < 4.78 is 5.01. The molecule has 2 aromatic heterocycles. The second-order valence-corrected chi connectivity index (χ2v) is 5.76. The minimum absolute atomic E-state index is 0.237. The molecule has 0 aliphatic rings. The third-order valence-corrected chi connectivity index (χ3v) is 3.93. The Morgan fingerprint density at radius 2 is 2.09 bits per heavy atom. The molecular weight excluding hydrogens is 312 g/mol. The van der Waals surface area contributed by atoms with Crippen LogP contribution in [0.15, 0.2) is 42.0 Å². The standard InChI is InChI=1S/C16H14N4O2S/c1-10-19-14(8-23-10)11-5-3-4-6-12(11)20-16(21)13-7-15(22-2)18-9-17-13/h3-9H,1-2H3,(H,20,21). The molecule has 3 rings (SSSR count). The molecule has 0 saturated heterocycles. The van der Waals surface area contributed by atoms with Crippen LogP contribution in [0.4, 0.5) is 5.69 Å². The average molecular weight is 326 g/mol. The highest BCUT2D eigenvalue weighted by Crippen LogP contribution is 2.29. The van der Waals surface area contributed by atoms with E-state index in [1.165, 1.54) is 19.5 Å². The molecule has 0 aliphatic carbocycles. The molecule has 0 bridgehead atoms. The summed E-state index contributed by atoms with van der Waals surface area (Å²) in [7, 11) is 1.49. The highest BCUT2D eigenvalue weighted by atomic mass is 32.1. The highest BCUT2D eigenvalue weighted by Gasteiger charge is 2.13. The molecule has 116 valence electrons. The summed E-state index contributed by atoms with van der Waals surface area (Å²) in [6, 6.07) is 9.02. The number of amides is 1. The van der Waals surface area contributed by atoms with E-state index in [1.54, 1.807) is 11.3 Å². The van der Waals surface area contributed by atoms with Gasteiger partial charge in [0.15, 0.2) is 0 Å². The number of nitrogens with zero attached hydrogens (tertiary/aromatic N) is 3. The lowest BCUT2D eigenvalue weighted by atomic mass is 10.1. The van der Waals surface area contributed by atoms with Crippen molar-refractivity contribution < 1.29 is 9.53 Å². The Balaban J connectivity index is 1.89. The van der Waals surface area contributed by atoms with Gasteiger partial charge >= 0.3 is 0 Å². The number of rotatable bonds is 4. The van der Waals surface area contributed by atoms with E-state index in [1.807, 2.05) is 36.6 Å². The summed E-state index contributed by atoms with van der Waals surface area (Å²) in [6.07, 6.45) is 1.30. The smallest absolute Gasteiger partial charge is 0.274 e. The summed E-state index contributed by atoms with van der Waals surface area (Å²) in [5, 5.41) is 5.81. The molecule has 3 aromatic rings. The van der Waals surface area contributed by atoms with Crippen LogP contribution in [0.25, 0.3) is 11.3 Å². The third kappa shape index (κ3) is 3.35. The molecule has 7 heteroatoms. The average Bonchev–Trinajstić information content (AvgIpc) is 3.01. The van der Waals surface area contributed by atoms with E-state index in [2.05, 4.69) is 20.3 Å². The quantitative estimate of drug-likeness (QED) is 0.797. The maximum Gasteiger partial charge on any atom is 0.274 e. The van der Waals surface area contributed by atoms with Gasteiger partial charge in [-0.3, -0.25) is 4.79 Å². The monoisotopic (exact) mass is 326 g/mol. The Morgan fingerprint density at radius 1 is 1.26 bits per heavy atom. The molecule has 6 nitrogen and oxygen atoms in total. The SMILES string of the molecule is COc1cc(C(=O)Nc2ccccc2-c2csc(C)n2)ncn1. The van der Waals surface area contributed by atoms with Crippen molar-refractivity contribution in [1.29, 1.82) is 0 Å². The van der Waals surface area contributed by atoms with Crippen molar-refractivity contribution in [3.8, 4) is 17.1 Å². The van der Waals surface area contributed by atoms with Crippen LogP contribution in [0.5, 0.6) is 5.88 Å². The molecule has 1 N–H and O–H groups in total. The number of carbonyl (C=O) groups excluding carboxylic acids is 1. The Labute approximate surface area is 137 Å². The van der Waals surface area contributed by atoms with Crippen LogP contribution in [0.1, 0.15) is 15.5 Å². The van der Waals surface area contributed by atoms with Crippen LogP contribution < -0.4 is 10.1 Å². The molecule has 0 unspecified atom stereocenters. The van der Waals surface area contributed by atoms with Gasteiger partial charge in [0, 0.05) is 17.0 Å². The molecule has 1 amide bonds. The van der Waals surface area contributed by atoms with Gasteiger partial charge in [0.1, 0.15) is 12.0 Å². The van der Waals surface area contributed by atoms with Crippen molar-refractivity contribution in [2.75, 3.05) is 12.4 Å². The lowest BCUT2D eigenvalue weighted by molar-refractivity contribution is 0.102. The number of anilines is 1. The number of aromatic nitrogens is 3. The number of aryl methyl sites for hydroxylation is 1. The molecule has 0 spiro atoms. The summed E-state index contributed by atoms with van der Waals surface area (Å²) in [4.78, 5) is 24.7. The zero-order valence-electron chi connectivity index (χ0n) is 12.6. The normalized spacial score (nSPS) is 10.3. The number of hydrogen-bond donors (Lipinski definition) is 1. The number of ether oxygens (including phenoxy) is 1. The maximum absolute atomic E-state index is 12.4. The van der Waals surface area contributed by atoms with Crippen LogP contribution in [-0.4, -0.2) is 28.0 Å². The van der Waals surface area contributed by atoms with Crippen LogP contribution in [-0.2, 0) is 0 Å². The predicted octanol–water partition coefficient (Wildman–Crippen LogP) is 3.17. The van der Waals surface area contributed by atoms with Gasteiger partial charge in [0.2, 0.25) is 5.88 Å². The first-order valence-electron chi connectivity index (χ1n) is 6.86. The topological polar surface area (TPSA) is 77.0 Å². The zero-order chi connectivity index (χ0) is 16.2. The van der Waals surface area contributed by atoms with E-state index >= 15 is 0 Å². The first kappa shape index (κ1) is 15.1. The molecule has 0 saturated carbocycles. The van der Waals surface area contributed by atoms with Gasteiger partial charge in [-0.25, -0.2) is 15.0 Å². The van der Waals surface area contributed by atoms with Gasteiger partial charge in [-0.2, -0.15) is 0 Å². The van der Waals surface area contributed by atoms with E-state index in [0.29, 0.717) is 11.6 Å². The molecule has 0 fully saturated rings. The second-order valence-electron chi connectivity index (χ2n) is 4.70. The number of para-hydroxylation sites is 1. The van der Waals surface area contributed by atoms with E-state index in [4.69, 9.17) is 4.74 Å². The van der Waals surface area contributed by atoms with Gasteiger partial charge in [0.25, 0.3) is 5.91 Å². The molecule has 0 aliphatic heterocycles. The lowest BCUT2D eigenvalue weighted by Gasteiger charge is -2.09. The van der Waals surface area contributed by atoms with Gasteiger partial charge in [-0.1, -0.05) is 18.2 Å². The molecular formula is C16H14N4O2S. The highest BCUT2D eigenvalue weighted by molar-refractivity contribution is 7.09. The zero-order valence-corrected chi connectivity index (χ0v) is 13.4. The fourth-order valence-electron chi connectivity index (χ4n) is 2.06. The Kier molecular flexibility index (Phi) is 4.29. The van der Waals surface area contributed by atoms with Crippen molar-refractivity contribution in [3.63, 3.8) is 0 Å². The van der Waals surface area contributed by atoms with Crippen LogP contribution in [0.2, 0.25) is 0 Å². The molecule has 0 atom stereocenters. The lowest BCUT2D eigenvalue weighted by Crippen LogP contribution is -2.14. The third-order valence-electron chi connectivity index (χ3n) is 3.15. The first-order chi connectivity index (χ1) is 11.2. The molecule has 2 heterocycles. The van der Waals surface area contributed by atoms with Crippen molar-refractivity contribution in [1.82, 2.24) is 15.0 Å².